The average Bonchev–Trinajstić information content (AvgIpc) is 2.70. The molecular formula is C13H14N4O2. The van der Waals surface area contributed by atoms with Crippen LogP contribution in [0.15, 0.2) is 12.3 Å². The Morgan fingerprint density at radius 3 is 3.16 bits per heavy atom. The van der Waals surface area contributed by atoms with E-state index in [0.29, 0.717) is 24.5 Å². The number of fused-ring (bicyclic) bond motifs is 1. The quantitative estimate of drug-likeness (QED) is 0.740. The van der Waals surface area contributed by atoms with Crippen LogP contribution < -0.4 is 10.1 Å². The lowest BCUT2D eigenvalue weighted by molar-refractivity contribution is -0.131. The normalized spacial score (nSPS) is 29.5. The van der Waals surface area contributed by atoms with Crippen LogP contribution in [-0.4, -0.2) is 41.0 Å². The second-order valence-corrected chi connectivity index (χ2v) is 5.12. The largest absolute Gasteiger partial charge is 0.472 e. The van der Waals surface area contributed by atoms with Crippen molar-refractivity contribution in [2.75, 3.05) is 18.9 Å². The Morgan fingerprint density at radius 2 is 2.47 bits per heavy atom. The van der Waals surface area contributed by atoms with Gasteiger partial charge in [0.1, 0.15) is 6.04 Å². The Kier molecular flexibility index (Phi) is 2.47. The van der Waals surface area contributed by atoms with E-state index in [4.69, 9.17) is 10.00 Å². The lowest BCUT2D eigenvalue weighted by Crippen LogP contribution is -2.52. The summed E-state index contributed by atoms with van der Waals surface area (Å²) in [5, 5.41) is 11.9. The monoisotopic (exact) mass is 258 g/mol. The van der Waals surface area contributed by atoms with E-state index in [1.807, 2.05) is 24.9 Å². The number of anilines is 1. The zero-order valence-electron chi connectivity index (χ0n) is 10.8. The van der Waals surface area contributed by atoms with Crippen molar-refractivity contribution in [3.05, 3.63) is 17.8 Å². The first-order chi connectivity index (χ1) is 9.05. The number of aromatic nitrogens is 1. The molecule has 2 aliphatic heterocycles. The molecule has 3 heterocycles. The third kappa shape index (κ3) is 1.66. The van der Waals surface area contributed by atoms with Gasteiger partial charge >= 0.3 is 0 Å². The van der Waals surface area contributed by atoms with Crippen LogP contribution in [0.5, 0.6) is 5.75 Å². The van der Waals surface area contributed by atoms with E-state index >= 15 is 0 Å². The zero-order valence-corrected chi connectivity index (χ0v) is 10.8. The van der Waals surface area contributed by atoms with Crippen molar-refractivity contribution in [2.24, 2.45) is 0 Å². The second-order valence-electron chi connectivity index (χ2n) is 5.12. The molecule has 1 saturated heterocycles. The van der Waals surface area contributed by atoms with Crippen LogP contribution in [0.2, 0.25) is 0 Å². The average molecular weight is 258 g/mol. The fourth-order valence-electron chi connectivity index (χ4n) is 2.65. The number of likely N-dealkylation sites (N-methyl/N-ethyl adjacent to an activating group) is 1. The first-order valence-electron chi connectivity index (χ1n) is 6.12. The summed E-state index contributed by atoms with van der Waals surface area (Å²) >= 11 is 0. The van der Waals surface area contributed by atoms with Gasteiger partial charge in [0.2, 0.25) is 5.60 Å². The van der Waals surface area contributed by atoms with Crippen molar-refractivity contribution in [2.45, 2.75) is 25.0 Å². The predicted octanol–water partition coefficient (Wildman–Crippen LogP) is 0.687. The van der Waals surface area contributed by atoms with Crippen molar-refractivity contribution < 1.29 is 9.53 Å². The highest BCUT2D eigenvalue weighted by molar-refractivity contribution is 6.00. The van der Waals surface area contributed by atoms with Crippen molar-refractivity contribution in [3.63, 3.8) is 0 Å². The maximum absolute atomic E-state index is 12.3. The van der Waals surface area contributed by atoms with Gasteiger partial charge in [0.05, 0.1) is 6.07 Å². The van der Waals surface area contributed by atoms with E-state index in [1.165, 1.54) is 0 Å². The minimum Gasteiger partial charge on any atom is -0.472 e. The molecule has 1 amide bonds. The molecule has 0 bridgehead atoms. The van der Waals surface area contributed by atoms with E-state index in [2.05, 4.69) is 16.4 Å². The minimum atomic E-state index is -0.976. The van der Waals surface area contributed by atoms with Crippen molar-refractivity contribution >= 4 is 11.7 Å². The summed E-state index contributed by atoms with van der Waals surface area (Å²) in [6.45, 7) is 2.32. The summed E-state index contributed by atoms with van der Waals surface area (Å²) < 4.78 is 5.96. The standard InChI is InChI=1S/C13H14N4O2/c1-8-3-4-15-11-10(8)19-13(12(18)16-11)5-9(6-14)17(2)7-13/h3-4,9H,5,7H2,1-2H3,(H,15,16,18)/t9-,13+/m0/s1. The van der Waals surface area contributed by atoms with Gasteiger partial charge in [0.25, 0.3) is 5.91 Å². The Bertz CT molecular complexity index is 595. The van der Waals surface area contributed by atoms with Gasteiger partial charge in [-0.3, -0.25) is 9.69 Å². The Balaban J connectivity index is 2.01. The van der Waals surface area contributed by atoms with Gasteiger partial charge < -0.3 is 10.1 Å². The van der Waals surface area contributed by atoms with E-state index in [1.54, 1.807) is 6.20 Å². The lowest BCUT2D eigenvalue weighted by atomic mass is 9.97. The van der Waals surface area contributed by atoms with E-state index in [0.717, 1.165) is 5.56 Å². The summed E-state index contributed by atoms with van der Waals surface area (Å²) in [5.74, 6) is 0.843. The number of pyridine rings is 1. The number of amides is 1. The first kappa shape index (κ1) is 11.9. The number of nitrogens with zero attached hydrogens (tertiary/aromatic N) is 3. The third-order valence-electron chi connectivity index (χ3n) is 3.75. The number of ether oxygens (including phenoxy) is 1. The maximum Gasteiger partial charge on any atom is 0.271 e. The van der Waals surface area contributed by atoms with E-state index in [9.17, 15) is 4.79 Å². The third-order valence-corrected chi connectivity index (χ3v) is 3.75. The highest BCUT2D eigenvalue weighted by atomic mass is 16.5. The molecule has 2 atom stereocenters. The van der Waals surface area contributed by atoms with Crippen LogP contribution in [0.25, 0.3) is 0 Å². The van der Waals surface area contributed by atoms with Crippen molar-refractivity contribution in [1.29, 1.82) is 5.26 Å². The molecule has 1 spiro atoms. The molecule has 19 heavy (non-hydrogen) atoms. The number of nitriles is 1. The van der Waals surface area contributed by atoms with Crippen LogP contribution in [0.1, 0.15) is 12.0 Å². The van der Waals surface area contributed by atoms with Gasteiger partial charge in [0, 0.05) is 19.2 Å². The molecule has 1 aromatic heterocycles. The Hall–Kier alpha value is -2.13. The number of hydrogen-bond acceptors (Lipinski definition) is 5. The smallest absolute Gasteiger partial charge is 0.271 e. The molecule has 98 valence electrons. The fraction of sp³-hybridized carbons (Fsp3) is 0.462. The SMILES string of the molecule is Cc1ccnc2c1O[C@@]1(C[C@@H](C#N)N(C)C1)C(=O)N2. The summed E-state index contributed by atoms with van der Waals surface area (Å²) in [7, 11) is 1.82. The number of carbonyl (C=O) groups is 1. The van der Waals surface area contributed by atoms with Crippen LogP contribution >= 0.6 is 0 Å². The molecule has 1 aromatic rings. The van der Waals surface area contributed by atoms with Crippen molar-refractivity contribution in [3.8, 4) is 11.8 Å². The molecule has 6 heteroatoms. The molecule has 1 fully saturated rings. The van der Waals surface area contributed by atoms with Crippen molar-refractivity contribution in [1.82, 2.24) is 9.88 Å². The Labute approximate surface area is 111 Å². The van der Waals surface area contributed by atoms with Gasteiger partial charge in [0.15, 0.2) is 11.6 Å². The molecular weight excluding hydrogens is 244 g/mol. The fourth-order valence-corrected chi connectivity index (χ4v) is 2.65. The molecule has 0 saturated carbocycles. The molecule has 3 rings (SSSR count). The molecule has 0 aromatic carbocycles. The second kappa shape index (κ2) is 3.93. The summed E-state index contributed by atoms with van der Waals surface area (Å²) in [6, 6.07) is 3.73. The molecule has 1 N–H and O–H groups in total. The predicted molar refractivity (Wildman–Crippen MR) is 67.6 cm³/mol. The van der Waals surface area contributed by atoms with E-state index < -0.39 is 5.60 Å². The van der Waals surface area contributed by atoms with Crippen LogP contribution in [0.3, 0.4) is 0 Å². The summed E-state index contributed by atoms with van der Waals surface area (Å²) in [5.41, 5.74) is -0.0527. The van der Waals surface area contributed by atoms with Gasteiger partial charge in [-0.1, -0.05) is 0 Å². The highest BCUT2D eigenvalue weighted by Gasteiger charge is 2.53. The highest BCUT2D eigenvalue weighted by Crippen LogP contribution is 2.40. The number of carbonyl (C=O) groups excluding carboxylic acids is 1. The summed E-state index contributed by atoms with van der Waals surface area (Å²) in [4.78, 5) is 18.2. The van der Waals surface area contributed by atoms with Gasteiger partial charge in [-0.05, 0) is 25.6 Å². The van der Waals surface area contributed by atoms with Gasteiger partial charge in [-0.2, -0.15) is 5.26 Å². The molecule has 6 nitrogen and oxygen atoms in total. The van der Waals surface area contributed by atoms with E-state index in [-0.39, 0.29) is 11.9 Å². The number of likely N-dealkylation sites (tertiary alicyclic amines) is 1. The lowest BCUT2D eigenvalue weighted by Gasteiger charge is -2.34. The van der Waals surface area contributed by atoms with Gasteiger partial charge in [-0.25, -0.2) is 4.98 Å². The number of nitrogens with one attached hydrogen (secondary N) is 1. The molecule has 0 aliphatic carbocycles. The molecule has 2 aliphatic rings. The van der Waals surface area contributed by atoms with Crippen LogP contribution in [0.4, 0.5) is 5.82 Å². The Morgan fingerprint density at radius 1 is 1.68 bits per heavy atom. The zero-order chi connectivity index (χ0) is 13.6. The topological polar surface area (TPSA) is 78.2 Å². The summed E-state index contributed by atoms with van der Waals surface area (Å²) in [6.07, 6.45) is 2.01. The molecule has 0 radical (unpaired) electrons. The molecule has 0 unspecified atom stereocenters. The first-order valence-corrected chi connectivity index (χ1v) is 6.12. The number of rotatable bonds is 0. The number of hydrogen-bond donors (Lipinski definition) is 1. The maximum atomic E-state index is 12.3. The number of aryl methyl sites for hydroxylation is 1. The van der Waals surface area contributed by atoms with Gasteiger partial charge in [-0.15, -0.1) is 0 Å². The van der Waals surface area contributed by atoms with Crippen LogP contribution in [-0.2, 0) is 4.79 Å². The van der Waals surface area contributed by atoms with Crippen LogP contribution in [0, 0.1) is 18.3 Å². The minimum absolute atomic E-state index is 0.220.